The topological polar surface area (TPSA) is 21.3 Å². The molecule has 3 rings (SSSR count). The number of fused-ring (bicyclic) bond motifs is 1. The van der Waals surface area contributed by atoms with Gasteiger partial charge in [-0.05, 0) is 37.3 Å². The van der Waals surface area contributed by atoms with E-state index in [0.29, 0.717) is 5.54 Å². The average molecular weight is 245 g/mol. The highest BCUT2D eigenvalue weighted by Crippen LogP contribution is 2.31. The Kier molecular flexibility index (Phi) is 3.40. The van der Waals surface area contributed by atoms with E-state index in [9.17, 15) is 0 Å². The van der Waals surface area contributed by atoms with Crippen LogP contribution in [0.2, 0.25) is 0 Å². The van der Waals surface area contributed by atoms with Crippen molar-refractivity contribution in [3.8, 4) is 0 Å². The van der Waals surface area contributed by atoms with Crippen molar-refractivity contribution < 1.29 is 4.74 Å². The second-order valence-corrected chi connectivity index (χ2v) is 5.96. The predicted octanol–water partition coefficient (Wildman–Crippen LogP) is 3.22. The number of hydrogen-bond acceptors (Lipinski definition) is 2. The molecule has 1 heterocycles. The summed E-state index contributed by atoms with van der Waals surface area (Å²) in [6.07, 6.45) is 6.65. The minimum Gasteiger partial charge on any atom is -0.372 e. The second-order valence-electron chi connectivity index (χ2n) is 5.96. The average Bonchev–Trinajstić information content (AvgIpc) is 2.84. The van der Waals surface area contributed by atoms with Crippen LogP contribution in [0.3, 0.4) is 0 Å². The highest BCUT2D eigenvalue weighted by molar-refractivity contribution is 5.31. The van der Waals surface area contributed by atoms with Gasteiger partial charge in [0.15, 0.2) is 0 Å². The standard InChI is InChI=1S/C16H23NO/c1-16(9-4-5-10-16)17-12-15-14-7-3-2-6-13(14)8-11-18-15/h2-3,6-7,15,17H,4-5,8-12H2,1H3. The molecule has 0 aromatic heterocycles. The van der Waals surface area contributed by atoms with Crippen LogP contribution in [0, 0.1) is 0 Å². The first-order valence-corrected chi connectivity index (χ1v) is 7.21. The molecule has 2 nitrogen and oxygen atoms in total. The van der Waals surface area contributed by atoms with E-state index in [1.807, 2.05) is 0 Å². The number of hydrogen-bond donors (Lipinski definition) is 1. The molecule has 1 fully saturated rings. The zero-order valence-corrected chi connectivity index (χ0v) is 11.2. The normalized spacial score (nSPS) is 25.9. The van der Waals surface area contributed by atoms with E-state index in [1.165, 1.54) is 36.8 Å². The Labute approximate surface area is 110 Å². The summed E-state index contributed by atoms with van der Waals surface area (Å²) in [4.78, 5) is 0. The summed E-state index contributed by atoms with van der Waals surface area (Å²) in [6, 6.07) is 8.71. The summed E-state index contributed by atoms with van der Waals surface area (Å²) >= 11 is 0. The molecule has 1 aromatic rings. The van der Waals surface area contributed by atoms with Crippen molar-refractivity contribution in [2.45, 2.75) is 50.7 Å². The molecule has 0 saturated heterocycles. The van der Waals surface area contributed by atoms with Gasteiger partial charge in [0.1, 0.15) is 0 Å². The molecule has 98 valence electrons. The largest absolute Gasteiger partial charge is 0.372 e. The first-order chi connectivity index (χ1) is 8.77. The van der Waals surface area contributed by atoms with Gasteiger partial charge in [0.05, 0.1) is 12.7 Å². The molecule has 1 unspecified atom stereocenters. The molecule has 1 saturated carbocycles. The van der Waals surface area contributed by atoms with Gasteiger partial charge in [0.2, 0.25) is 0 Å². The fourth-order valence-electron chi connectivity index (χ4n) is 3.32. The third kappa shape index (κ3) is 2.45. The third-order valence-electron chi connectivity index (χ3n) is 4.51. The number of nitrogens with one attached hydrogen (secondary N) is 1. The molecular formula is C16H23NO. The van der Waals surface area contributed by atoms with E-state index in [2.05, 4.69) is 36.5 Å². The maximum Gasteiger partial charge on any atom is 0.0952 e. The fraction of sp³-hybridized carbons (Fsp3) is 0.625. The quantitative estimate of drug-likeness (QED) is 0.883. The van der Waals surface area contributed by atoms with Crippen LogP contribution in [0.4, 0.5) is 0 Å². The third-order valence-corrected chi connectivity index (χ3v) is 4.51. The molecular weight excluding hydrogens is 222 g/mol. The zero-order valence-electron chi connectivity index (χ0n) is 11.2. The maximum absolute atomic E-state index is 5.95. The van der Waals surface area contributed by atoms with Crippen molar-refractivity contribution in [1.82, 2.24) is 5.32 Å². The van der Waals surface area contributed by atoms with E-state index in [4.69, 9.17) is 4.74 Å². The zero-order chi connectivity index (χ0) is 12.4. The number of rotatable bonds is 3. The number of benzene rings is 1. The van der Waals surface area contributed by atoms with Gasteiger partial charge in [-0.2, -0.15) is 0 Å². The summed E-state index contributed by atoms with van der Waals surface area (Å²) < 4.78 is 5.95. The van der Waals surface area contributed by atoms with Gasteiger partial charge in [-0.1, -0.05) is 37.1 Å². The van der Waals surface area contributed by atoms with E-state index in [1.54, 1.807) is 0 Å². The van der Waals surface area contributed by atoms with Crippen molar-refractivity contribution in [2.75, 3.05) is 13.2 Å². The van der Waals surface area contributed by atoms with E-state index in [-0.39, 0.29) is 6.10 Å². The fourth-order valence-corrected chi connectivity index (χ4v) is 3.32. The summed E-state index contributed by atoms with van der Waals surface area (Å²) in [5.41, 5.74) is 3.19. The monoisotopic (exact) mass is 245 g/mol. The molecule has 2 aliphatic rings. The van der Waals surface area contributed by atoms with Crippen molar-refractivity contribution in [3.63, 3.8) is 0 Å². The highest BCUT2D eigenvalue weighted by Gasteiger charge is 2.30. The van der Waals surface area contributed by atoms with E-state index < -0.39 is 0 Å². The lowest BCUT2D eigenvalue weighted by Crippen LogP contribution is -2.42. The summed E-state index contributed by atoms with van der Waals surface area (Å²) in [6.45, 7) is 4.17. The molecule has 1 aliphatic heterocycles. The first-order valence-electron chi connectivity index (χ1n) is 7.21. The Balaban J connectivity index is 1.67. The van der Waals surface area contributed by atoms with Gasteiger partial charge in [0.25, 0.3) is 0 Å². The van der Waals surface area contributed by atoms with Gasteiger partial charge >= 0.3 is 0 Å². The molecule has 2 heteroatoms. The van der Waals surface area contributed by atoms with E-state index in [0.717, 1.165) is 19.6 Å². The van der Waals surface area contributed by atoms with E-state index >= 15 is 0 Å². The van der Waals surface area contributed by atoms with Crippen molar-refractivity contribution in [1.29, 1.82) is 0 Å². The van der Waals surface area contributed by atoms with Crippen molar-refractivity contribution >= 4 is 0 Å². The molecule has 1 atom stereocenters. The van der Waals surface area contributed by atoms with Gasteiger partial charge in [-0.3, -0.25) is 0 Å². The lowest BCUT2D eigenvalue weighted by atomic mass is 9.95. The van der Waals surface area contributed by atoms with Gasteiger partial charge in [-0.25, -0.2) is 0 Å². The Morgan fingerprint density at radius 2 is 2.06 bits per heavy atom. The minimum atomic E-state index is 0.243. The predicted molar refractivity (Wildman–Crippen MR) is 73.7 cm³/mol. The second kappa shape index (κ2) is 5.02. The summed E-state index contributed by atoms with van der Waals surface area (Å²) in [7, 11) is 0. The molecule has 0 spiro atoms. The minimum absolute atomic E-state index is 0.243. The SMILES string of the molecule is CC1(NCC2OCCc3ccccc32)CCCC1. The highest BCUT2D eigenvalue weighted by atomic mass is 16.5. The van der Waals surface area contributed by atoms with Crippen LogP contribution in [0.15, 0.2) is 24.3 Å². The van der Waals surface area contributed by atoms with Crippen LogP contribution in [-0.2, 0) is 11.2 Å². The molecule has 1 aliphatic carbocycles. The van der Waals surface area contributed by atoms with Crippen LogP contribution in [-0.4, -0.2) is 18.7 Å². The smallest absolute Gasteiger partial charge is 0.0952 e. The Bertz CT molecular complexity index is 409. The van der Waals surface area contributed by atoms with Crippen LogP contribution in [0.25, 0.3) is 0 Å². The van der Waals surface area contributed by atoms with Crippen LogP contribution >= 0.6 is 0 Å². The Morgan fingerprint density at radius 3 is 2.89 bits per heavy atom. The van der Waals surface area contributed by atoms with Crippen LogP contribution in [0.5, 0.6) is 0 Å². The van der Waals surface area contributed by atoms with Gasteiger partial charge < -0.3 is 10.1 Å². The van der Waals surface area contributed by atoms with Crippen molar-refractivity contribution in [2.24, 2.45) is 0 Å². The van der Waals surface area contributed by atoms with Crippen LogP contribution in [0.1, 0.15) is 49.8 Å². The van der Waals surface area contributed by atoms with Gasteiger partial charge in [-0.15, -0.1) is 0 Å². The lowest BCUT2D eigenvalue weighted by molar-refractivity contribution is 0.0373. The van der Waals surface area contributed by atoms with Crippen LogP contribution < -0.4 is 5.32 Å². The van der Waals surface area contributed by atoms with Crippen molar-refractivity contribution in [3.05, 3.63) is 35.4 Å². The molecule has 0 bridgehead atoms. The molecule has 1 N–H and O–H groups in total. The number of ether oxygens (including phenoxy) is 1. The lowest BCUT2D eigenvalue weighted by Gasteiger charge is -2.31. The molecule has 0 amide bonds. The van der Waals surface area contributed by atoms with Gasteiger partial charge in [0, 0.05) is 12.1 Å². The Hall–Kier alpha value is -0.860. The maximum atomic E-state index is 5.95. The first kappa shape index (κ1) is 12.2. The molecule has 1 aromatic carbocycles. The molecule has 0 radical (unpaired) electrons. The molecule has 18 heavy (non-hydrogen) atoms. The summed E-state index contributed by atoms with van der Waals surface area (Å²) in [5.74, 6) is 0. The Morgan fingerprint density at radius 1 is 1.28 bits per heavy atom. The summed E-state index contributed by atoms with van der Waals surface area (Å²) in [5, 5.41) is 3.74.